The van der Waals surface area contributed by atoms with Gasteiger partial charge in [0.15, 0.2) is 0 Å². The molecule has 5 rings (SSSR count). The third-order valence-corrected chi connectivity index (χ3v) is 8.99. The quantitative estimate of drug-likeness (QED) is 0.364. The van der Waals surface area contributed by atoms with Crippen molar-refractivity contribution in [3.8, 4) is 5.75 Å². The predicted octanol–water partition coefficient (Wildman–Crippen LogP) is 8.14. The van der Waals surface area contributed by atoms with Crippen LogP contribution in [0.3, 0.4) is 0 Å². The van der Waals surface area contributed by atoms with Crippen LogP contribution in [0.4, 0.5) is 26.3 Å². The van der Waals surface area contributed by atoms with Gasteiger partial charge in [0.05, 0.1) is 17.9 Å². The van der Waals surface area contributed by atoms with Crippen molar-refractivity contribution < 1.29 is 41.0 Å². The highest BCUT2D eigenvalue weighted by Crippen LogP contribution is 2.47. The molecule has 1 N–H and O–H groups in total. The van der Waals surface area contributed by atoms with Crippen molar-refractivity contribution in [2.24, 2.45) is 11.8 Å². The number of hydrogen-bond acceptors (Lipinski definition) is 3. The van der Waals surface area contributed by atoms with Gasteiger partial charge in [0.25, 0.3) is 0 Å². The topological polar surface area (TPSA) is 49.8 Å². The number of carboxylic acid groups (broad SMARTS) is 1. The van der Waals surface area contributed by atoms with E-state index in [0.29, 0.717) is 18.2 Å². The molecule has 2 aromatic rings. The molecule has 10 heteroatoms. The summed E-state index contributed by atoms with van der Waals surface area (Å²) in [4.78, 5) is 14.0. The van der Waals surface area contributed by atoms with Crippen molar-refractivity contribution in [1.82, 2.24) is 4.90 Å². The summed E-state index contributed by atoms with van der Waals surface area (Å²) in [6, 6.07) is 8.08. The van der Waals surface area contributed by atoms with E-state index in [4.69, 9.17) is 4.74 Å². The van der Waals surface area contributed by atoms with Gasteiger partial charge >= 0.3 is 18.3 Å². The van der Waals surface area contributed by atoms with Crippen LogP contribution in [0.1, 0.15) is 81.9 Å². The number of ether oxygens (including phenoxy) is 1. The van der Waals surface area contributed by atoms with E-state index >= 15 is 0 Å². The number of hydrogen-bond donors (Lipinski definition) is 1. The summed E-state index contributed by atoms with van der Waals surface area (Å²) in [5.74, 6) is -2.91. The van der Waals surface area contributed by atoms with Crippen LogP contribution in [0.5, 0.6) is 5.75 Å². The lowest BCUT2D eigenvalue weighted by molar-refractivity contribution is -0.185. The van der Waals surface area contributed by atoms with E-state index in [2.05, 4.69) is 4.90 Å². The van der Waals surface area contributed by atoms with Crippen LogP contribution in [0.15, 0.2) is 30.3 Å². The molecule has 2 saturated heterocycles. The number of carbonyl (C=O) groups is 1. The normalized spacial score (nSPS) is 28.9. The zero-order valence-corrected chi connectivity index (χ0v) is 21.7. The molecule has 0 amide bonds. The van der Waals surface area contributed by atoms with Gasteiger partial charge in [-0.25, -0.2) is 0 Å². The molecule has 2 bridgehead atoms. The summed E-state index contributed by atoms with van der Waals surface area (Å²) in [6.07, 6.45) is -6.17. The van der Waals surface area contributed by atoms with E-state index < -0.39 is 35.9 Å². The first-order chi connectivity index (χ1) is 18.4. The monoisotopic (exact) mass is 557 g/mol. The number of alkyl halides is 6. The minimum Gasteiger partial charge on any atom is -0.490 e. The van der Waals surface area contributed by atoms with E-state index in [-0.39, 0.29) is 60.9 Å². The molecule has 1 aliphatic carbocycles. The van der Waals surface area contributed by atoms with Gasteiger partial charge < -0.3 is 9.84 Å². The van der Waals surface area contributed by atoms with E-state index in [1.165, 1.54) is 12.1 Å². The molecule has 0 radical (unpaired) electrons. The van der Waals surface area contributed by atoms with E-state index in [0.717, 1.165) is 24.8 Å². The van der Waals surface area contributed by atoms with Crippen LogP contribution in [0.2, 0.25) is 0 Å². The first-order valence-electron chi connectivity index (χ1n) is 13.7. The number of aliphatic carboxylic acids is 1. The van der Waals surface area contributed by atoms with Crippen molar-refractivity contribution in [2.75, 3.05) is 0 Å². The largest absolute Gasteiger partial charge is 0.490 e. The maximum atomic E-state index is 14.3. The van der Waals surface area contributed by atoms with Gasteiger partial charge in [0.1, 0.15) is 11.3 Å². The lowest BCUT2D eigenvalue weighted by atomic mass is 9.86. The molecule has 3 fully saturated rings. The Balaban J connectivity index is 1.41. The third-order valence-electron chi connectivity index (χ3n) is 8.99. The molecule has 4 nitrogen and oxygen atoms in total. The fourth-order valence-electron chi connectivity index (χ4n) is 7.16. The molecule has 0 spiro atoms. The molecule has 2 aromatic carbocycles. The minimum atomic E-state index is -4.71. The zero-order valence-electron chi connectivity index (χ0n) is 21.7. The third kappa shape index (κ3) is 5.58. The average Bonchev–Trinajstić information content (AvgIpc) is 3.11. The highest BCUT2D eigenvalue weighted by Gasteiger charge is 2.46. The minimum absolute atomic E-state index is 0.00450. The van der Waals surface area contributed by atoms with E-state index in [1.807, 2.05) is 6.92 Å². The Hall–Kier alpha value is -2.49. The first kappa shape index (κ1) is 28.1. The maximum absolute atomic E-state index is 14.3. The summed E-state index contributed by atoms with van der Waals surface area (Å²) < 4.78 is 87.6. The summed E-state index contributed by atoms with van der Waals surface area (Å²) >= 11 is 0. The van der Waals surface area contributed by atoms with Crippen LogP contribution in [0.25, 0.3) is 10.8 Å². The molecule has 2 heterocycles. The lowest BCUT2D eigenvalue weighted by Crippen LogP contribution is -2.46. The Labute approximate surface area is 223 Å². The second-order valence-corrected chi connectivity index (χ2v) is 11.3. The standard InChI is InChI=1S/C29H33F6NO3/c1-2-24(36-20-7-8-21(36)15-18(14-20)27(37)38)17-3-11-23-16(13-17)4-12-25(26(23)29(33,34)35)39-22-9-5-19(6-10-22)28(30,31)32/h3-4,11-13,18-22,24H,2,5-10,14-15H2,1H3,(H,37,38)/t18?,19-,20?,21?,22+,24?. The molecule has 1 saturated carbocycles. The van der Waals surface area contributed by atoms with Crippen molar-refractivity contribution in [3.05, 3.63) is 41.5 Å². The smallest absolute Gasteiger partial charge is 0.420 e. The van der Waals surface area contributed by atoms with E-state index in [1.54, 1.807) is 18.2 Å². The number of benzene rings is 2. The summed E-state index contributed by atoms with van der Waals surface area (Å²) in [5, 5.41) is 9.93. The second kappa shape index (κ2) is 10.5. The number of carboxylic acids is 1. The van der Waals surface area contributed by atoms with Gasteiger partial charge in [-0.2, -0.15) is 26.3 Å². The number of halogens is 6. The van der Waals surface area contributed by atoms with Crippen molar-refractivity contribution in [1.29, 1.82) is 0 Å². The first-order valence-corrected chi connectivity index (χ1v) is 13.7. The maximum Gasteiger partial charge on any atom is 0.420 e. The second-order valence-electron chi connectivity index (χ2n) is 11.3. The Kier molecular flexibility index (Phi) is 7.54. The van der Waals surface area contributed by atoms with Crippen molar-refractivity contribution in [2.45, 2.75) is 101 Å². The van der Waals surface area contributed by atoms with Crippen LogP contribution in [-0.2, 0) is 11.0 Å². The van der Waals surface area contributed by atoms with Crippen LogP contribution < -0.4 is 4.74 Å². The molecular weight excluding hydrogens is 524 g/mol. The Morgan fingerprint density at radius 2 is 1.62 bits per heavy atom. The van der Waals surface area contributed by atoms with Crippen LogP contribution in [0, 0.1) is 11.8 Å². The summed E-state index contributed by atoms with van der Waals surface area (Å²) in [7, 11) is 0. The van der Waals surface area contributed by atoms with Crippen molar-refractivity contribution >= 4 is 16.7 Å². The number of nitrogens with zero attached hydrogens (tertiary/aromatic N) is 1. The fraction of sp³-hybridized carbons (Fsp3) is 0.621. The van der Waals surface area contributed by atoms with Gasteiger partial charge in [-0.3, -0.25) is 9.69 Å². The average molecular weight is 558 g/mol. The molecule has 0 aromatic heterocycles. The SMILES string of the molecule is CCC(c1ccc2c(C(F)(F)F)c(O[C@H]3CC[C@@H](C(F)(F)F)CC3)ccc2c1)N1C2CCC1CC(C(=O)O)C2. The molecule has 2 aliphatic heterocycles. The molecule has 3 unspecified atom stereocenters. The summed E-state index contributed by atoms with van der Waals surface area (Å²) in [6.45, 7) is 2.03. The Bertz CT molecular complexity index is 1190. The van der Waals surface area contributed by atoms with Gasteiger partial charge in [0.2, 0.25) is 0 Å². The van der Waals surface area contributed by atoms with Crippen molar-refractivity contribution in [3.63, 3.8) is 0 Å². The summed E-state index contributed by atoms with van der Waals surface area (Å²) in [5.41, 5.74) is -0.0113. The molecule has 3 aliphatic rings. The zero-order chi connectivity index (χ0) is 28.1. The molecule has 39 heavy (non-hydrogen) atoms. The lowest BCUT2D eigenvalue weighted by Gasteiger charge is -2.42. The van der Waals surface area contributed by atoms with Gasteiger partial charge in [-0.1, -0.05) is 25.1 Å². The van der Waals surface area contributed by atoms with Gasteiger partial charge in [-0.05, 0) is 86.3 Å². The fourth-order valence-corrected chi connectivity index (χ4v) is 7.16. The van der Waals surface area contributed by atoms with Crippen LogP contribution in [-0.4, -0.2) is 40.3 Å². The van der Waals surface area contributed by atoms with Crippen LogP contribution >= 0.6 is 0 Å². The number of fused-ring (bicyclic) bond motifs is 3. The number of rotatable bonds is 6. The molecule has 214 valence electrons. The van der Waals surface area contributed by atoms with Gasteiger partial charge in [-0.15, -0.1) is 0 Å². The van der Waals surface area contributed by atoms with E-state index in [9.17, 15) is 36.2 Å². The Morgan fingerprint density at radius 3 is 2.15 bits per heavy atom. The van der Waals surface area contributed by atoms with Gasteiger partial charge in [0, 0.05) is 18.1 Å². The number of piperidine rings is 1. The Morgan fingerprint density at radius 1 is 0.974 bits per heavy atom. The highest BCUT2D eigenvalue weighted by molar-refractivity contribution is 5.89. The molecular formula is C29H33F6NO3. The molecule has 3 atom stereocenters. The highest BCUT2D eigenvalue weighted by atomic mass is 19.4. The predicted molar refractivity (Wildman–Crippen MR) is 133 cm³/mol.